The minimum Gasteiger partial charge on any atom is -0.486 e. The van der Waals surface area contributed by atoms with E-state index in [9.17, 15) is 4.79 Å². The van der Waals surface area contributed by atoms with Gasteiger partial charge in [0.05, 0.1) is 12.4 Å². The molecule has 0 atom stereocenters. The molecule has 0 spiro atoms. The summed E-state index contributed by atoms with van der Waals surface area (Å²) >= 11 is 0. The Labute approximate surface area is 162 Å². The summed E-state index contributed by atoms with van der Waals surface area (Å²) in [6.45, 7) is 5.06. The number of hydrogen-bond acceptors (Lipinski definition) is 6. The average molecular weight is 376 g/mol. The molecule has 0 unspecified atom stereocenters. The number of amides is 1. The maximum absolute atomic E-state index is 12.4. The van der Waals surface area contributed by atoms with Crippen molar-refractivity contribution in [2.45, 2.75) is 13.8 Å². The van der Waals surface area contributed by atoms with Gasteiger partial charge in [0.2, 0.25) is 0 Å². The van der Waals surface area contributed by atoms with Crippen LogP contribution in [0.15, 0.2) is 48.8 Å². The molecule has 2 aromatic carbocycles. The van der Waals surface area contributed by atoms with E-state index in [4.69, 9.17) is 9.47 Å². The number of rotatable bonds is 4. The van der Waals surface area contributed by atoms with E-state index in [0.717, 1.165) is 16.8 Å². The van der Waals surface area contributed by atoms with E-state index in [2.05, 4.69) is 26.7 Å². The molecule has 0 fully saturated rings. The Hall–Kier alpha value is -3.61. The standard InChI is InChI=1S/C21H20N4O3/c1-13-3-4-14(2)16(9-13)25-20-12-22-17(11-23-20)21(26)24-15-5-6-18-19(10-15)28-8-7-27-18/h3-6,9-12H,7-8H2,1-2H3,(H,23,25)(H,24,26). The average Bonchev–Trinajstić information content (AvgIpc) is 2.71. The minimum atomic E-state index is -0.345. The summed E-state index contributed by atoms with van der Waals surface area (Å²) in [7, 11) is 0. The lowest BCUT2D eigenvalue weighted by Crippen LogP contribution is -2.17. The lowest BCUT2D eigenvalue weighted by atomic mass is 10.1. The van der Waals surface area contributed by atoms with Gasteiger partial charge in [0.1, 0.15) is 24.7 Å². The van der Waals surface area contributed by atoms with Crippen molar-refractivity contribution in [1.29, 1.82) is 0 Å². The first-order valence-corrected chi connectivity index (χ1v) is 8.96. The van der Waals surface area contributed by atoms with E-state index in [1.165, 1.54) is 6.20 Å². The van der Waals surface area contributed by atoms with Crippen molar-refractivity contribution >= 4 is 23.1 Å². The summed E-state index contributed by atoms with van der Waals surface area (Å²) in [5.74, 6) is 1.51. The fourth-order valence-electron chi connectivity index (χ4n) is 2.83. The number of carbonyl (C=O) groups is 1. The lowest BCUT2D eigenvalue weighted by Gasteiger charge is -2.18. The van der Waals surface area contributed by atoms with Gasteiger partial charge in [0.15, 0.2) is 11.5 Å². The molecule has 0 radical (unpaired) electrons. The number of hydrogen-bond donors (Lipinski definition) is 2. The highest BCUT2D eigenvalue weighted by molar-refractivity contribution is 6.02. The molecule has 1 aliphatic rings. The van der Waals surface area contributed by atoms with Crippen LogP contribution >= 0.6 is 0 Å². The zero-order chi connectivity index (χ0) is 19.5. The van der Waals surface area contributed by atoms with E-state index >= 15 is 0 Å². The number of aromatic nitrogens is 2. The fraction of sp³-hybridized carbons (Fsp3) is 0.190. The van der Waals surface area contributed by atoms with Gasteiger partial charge in [0, 0.05) is 17.4 Å². The molecule has 7 heteroatoms. The zero-order valence-corrected chi connectivity index (χ0v) is 15.7. The summed E-state index contributed by atoms with van der Waals surface area (Å²) in [4.78, 5) is 21.0. The predicted molar refractivity (Wildman–Crippen MR) is 107 cm³/mol. The van der Waals surface area contributed by atoms with Crippen LogP contribution in [-0.2, 0) is 0 Å². The van der Waals surface area contributed by atoms with Crippen LogP contribution in [0, 0.1) is 13.8 Å². The van der Waals surface area contributed by atoms with Crippen LogP contribution < -0.4 is 20.1 Å². The number of nitrogens with one attached hydrogen (secondary N) is 2. The molecule has 1 aliphatic heterocycles. The van der Waals surface area contributed by atoms with Crippen LogP contribution in [0.25, 0.3) is 0 Å². The first-order chi connectivity index (χ1) is 13.6. The van der Waals surface area contributed by atoms with E-state index < -0.39 is 0 Å². The van der Waals surface area contributed by atoms with E-state index in [-0.39, 0.29) is 11.6 Å². The molecule has 1 aromatic heterocycles. The molecule has 2 N–H and O–H groups in total. The Morgan fingerprint density at radius 2 is 1.79 bits per heavy atom. The Morgan fingerprint density at radius 1 is 0.964 bits per heavy atom. The monoisotopic (exact) mass is 376 g/mol. The van der Waals surface area contributed by atoms with Crippen molar-refractivity contribution in [1.82, 2.24) is 9.97 Å². The predicted octanol–water partition coefficient (Wildman–Crippen LogP) is 3.86. The van der Waals surface area contributed by atoms with E-state index in [1.807, 2.05) is 26.0 Å². The number of nitrogens with zero attached hydrogens (tertiary/aromatic N) is 2. The number of anilines is 3. The number of ether oxygens (including phenoxy) is 2. The Bertz CT molecular complexity index is 1020. The van der Waals surface area contributed by atoms with Crippen molar-refractivity contribution in [2.75, 3.05) is 23.8 Å². The maximum atomic E-state index is 12.4. The highest BCUT2D eigenvalue weighted by atomic mass is 16.6. The largest absolute Gasteiger partial charge is 0.486 e. The highest BCUT2D eigenvalue weighted by Crippen LogP contribution is 2.32. The molecule has 142 valence electrons. The SMILES string of the molecule is Cc1ccc(C)c(Nc2cnc(C(=O)Nc3ccc4c(c3)OCCO4)cn2)c1. The fourth-order valence-corrected chi connectivity index (χ4v) is 2.83. The molecule has 0 aliphatic carbocycles. The van der Waals surface area contributed by atoms with Crippen LogP contribution in [0.5, 0.6) is 11.5 Å². The van der Waals surface area contributed by atoms with Gasteiger partial charge in [0.25, 0.3) is 5.91 Å². The summed E-state index contributed by atoms with van der Waals surface area (Å²) < 4.78 is 11.0. The van der Waals surface area contributed by atoms with Gasteiger partial charge in [-0.3, -0.25) is 4.79 Å². The van der Waals surface area contributed by atoms with Gasteiger partial charge in [-0.15, -0.1) is 0 Å². The number of benzene rings is 2. The smallest absolute Gasteiger partial charge is 0.275 e. The summed E-state index contributed by atoms with van der Waals surface area (Å²) in [5.41, 5.74) is 4.04. The van der Waals surface area contributed by atoms with Crippen molar-refractivity contribution < 1.29 is 14.3 Å². The van der Waals surface area contributed by atoms with Crippen LogP contribution in [0.3, 0.4) is 0 Å². The van der Waals surface area contributed by atoms with Gasteiger partial charge in [-0.25, -0.2) is 9.97 Å². The summed E-state index contributed by atoms with van der Waals surface area (Å²) in [5, 5.41) is 6.02. The van der Waals surface area contributed by atoms with Crippen LogP contribution in [0.4, 0.5) is 17.2 Å². The molecule has 3 aromatic rings. The minimum absolute atomic E-state index is 0.224. The lowest BCUT2D eigenvalue weighted by molar-refractivity contribution is 0.102. The molecule has 2 heterocycles. The molecule has 4 rings (SSSR count). The molecular formula is C21H20N4O3. The van der Waals surface area contributed by atoms with Gasteiger partial charge < -0.3 is 20.1 Å². The molecule has 7 nitrogen and oxygen atoms in total. The van der Waals surface area contributed by atoms with Crippen molar-refractivity contribution in [3.63, 3.8) is 0 Å². The number of aryl methyl sites for hydroxylation is 2. The normalized spacial score (nSPS) is 12.4. The Morgan fingerprint density at radius 3 is 2.57 bits per heavy atom. The van der Waals surface area contributed by atoms with Gasteiger partial charge in [-0.05, 0) is 43.2 Å². The third kappa shape index (κ3) is 3.88. The highest BCUT2D eigenvalue weighted by Gasteiger charge is 2.14. The summed E-state index contributed by atoms with van der Waals surface area (Å²) in [6.07, 6.45) is 2.99. The topological polar surface area (TPSA) is 85.4 Å². The van der Waals surface area contributed by atoms with E-state index in [0.29, 0.717) is 36.2 Å². The van der Waals surface area contributed by atoms with Crippen LogP contribution in [0.2, 0.25) is 0 Å². The second-order valence-corrected chi connectivity index (χ2v) is 6.54. The number of fused-ring (bicyclic) bond motifs is 1. The third-order valence-electron chi connectivity index (χ3n) is 4.34. The Kier molecular flexibility index (Phi) is 4.80. The molecule has 0 saturated carbocycles. The van der Waals surface area contributed by atoms with Gasteiger partial charge in [-0.1, -0.05) is 12.1 Å². The third-order valence-corrected chi connectivity index (χ3v) is 4.34. The quantitative estimate of drug-likeness (QED) is 0.719. The van der Waals surface area contributed by atoms with Crippen molar-refractivity contribution in [3.05, 3.63) is 65.6 Å². The first kappa shape index (κ1) is 17.8. The second kappa shape index (κ2) is 7.56. The zero-order valence-electron chi connectivity index (χ0n) is 15.7. The van der Waals surface area contributed by atoms with Crippen LogP contribution in [-0.4, -0.2) is 29.1 Å². The number of carbonyl (C=O) groups excluding carboxylic acids is 1. The van der Waals surface area contributed by atoms with E-state index in [1.54, 1.807) is 24.4 Å². The molecular weight excluding hydrogens is 356 g/mol. The first-order valence-electron chi connectivity index (χ1n) is 8.96. The van der Waals surface area contributed by atoms with Gasteiger partial charge >= 0.3 is 0 Å². The van der Waals surface area contributed by atoms with Gasteiger partial charge in [-0.2, -0.15) is 0 Å². The second-order valence-electron chi connectivity index (χ2n) is 6.54. The molecule has 1 amide bonds. The molecule has 28 heavy (non-hydrogen) atoms. The van der Waals surface area contributed by atoms with Crippen LogP contribution in [0.1, 0.15) is 21.6 Å². The Balaban J connectivity index is 1.45. The molecule has 0 saturated heterocycles. The van der Waals surface area contributed by atoms with Crippen molar-refractivity contribution in [2.24, 2.45) is 0 Å². The van der Waals surface area contributed by atoms with Crippen molar-refractivity contribution in [3.8, 4) is 11.5 Å². The molecule has 0 bridgehead atoms. The maximum Gasteiger partial charge on any atom is 0.275 e. The summed E-state index contributed by atoms with van der Waals surface area (Å²) in [6, 6.07) is 11.4.